The summed E-state index contributed by atoms with van der Waals surface area (Å²) in [5, 5.41) is 4.98. The number of pyridine rings is 1. The molecule has 0 fully saturated rings. The Bertz CT molecular complexity index is 2250. The first kappa shape index (κ1) is 20.9. The maximum Gasteiger partial charge on any atom is 0.138 e. The van der Waals surface area contributed by atoms with Gasteiger partial charge in [0.05, 0.1) is 22.1 Å². The lowest BCUT2D eigenvalue weighted by atomic mass is 10.1. The first-order valence-corrected chi connectivity index (χ1v) is 13.4. The van der Waals surface area contributed by atoms with Crippen LogP contribution in [0.3, 0.4) is 0 Å². The molecule has 1 aliphatic rings. The summed E-state index contributed by atoms with van der Waals surface area (Å²) in [7, 11) is 0. The van der Waals surface area contributed by atoms with Gasteiger partial charge in [0.2, 0.25) is 0 Å². The average molecular weight is 498 g/mol. The molecule has 0 spiro atoms. The van der Waals surface area contributed by atoms with Crippen molar-refractivity contribution in [1.82, 2.24) is 14.1 Å². The van der Waals surface area contributed by atoms with Gasteiger partial charge in [-0.25, -0.2) is 4.98 Å². The van der Waals surface area contributed by atoms with Crippen LogP contribution in [0.15, 0.2) is 128 Å². The molecule has 0 atom stereocenters. The summed E-state index contributed by atoms with van der Waals surface area (Å²) in [4.78, 5) is 5.09. The van der Waals surface area contributed by atoms with Crippen molar-refractivity contribution in [2.75, 3.05) is 0 Å². The molecular weight excluding hydrogens is 474 g/mol. The van der Waals surface area contributed by atoms with Crippen molar-refractivity contribution in [3.8, 4) is 22.6 Å². The van der Waals surface area contributed by atoms with Crippen molar-refractivity contribution >= 4 is 43.6 Å². The maximum absolute atomic E-state index is 5.09. The lowest BCUT2D eigenvalue weighted by Gasteiger charge is -2.13. The van der Waals surface area contributed by atoms with E-state index < -0.39 is 0 Å². The van der Waals surface area contributed by atoms with E-state index in [1.165, 1.54) is 65.9 Å². The summed E-state index contributed by atoms with van der Waals surface area (Å²) in [5.41, 5.74) is 11.2. The zero-order chi connectivity index (χ0) is 25.5. The Kier molecular flexibility index (Phi) is 4.11. The summed E-state index contributed by atoms with van der Waals surface area (Å²) in [6.45, 7) is 0. The molecule has 0 saturated heterocycles. The number of nitrogens with zero attached hydrogens (tertiary/aromatic N) is 3. The Hall–Kier alpha value is -5.15. The van der Waals surface area contributed by atoms with Crippen LogP contribution in [0.2, 0.25) is 0 Å². The molecule has 0 N–H and O–H groups in total. The first-order chi connectivity index (χ1) is 19.4. The molecule has 3 heterocycles. The highest BCUT2D eigenvalue weighted by atomic mass is 15.1. The Morgan fingerprint density at radius 1 is 0.487 bits per heavy atom. The van der Waals surface area contributed by atoms with Crippen molar-refractivity contribution in [1.29, 1.82) is 0 Å². The van der Waals surface area contributed by atoms with Gasteiger partial charge in [-0.3, -0.25) is 4.57 Å². The molecule has 0 bridgehead atoms. The minimum Gasteiger partial charge on any atom is -0.307 e. The number of hydrogen-bond acceptors (Lipinski definition) is 1. The Morgan fingerprint density at radius 2 is 1.10 bits per heavy atom. The predicted octanol–water partition coefficient (Wildman–Crippen LogP) is 8.85. The molecular formula is C36H23N3. The molecule has 0 amide bonds. The fourth-order valence-corrected chi connectivity index (χ4v) is 6.71. The monoisotopic (exact) mass is 497 g/mol. The van der Waals surface area contributed by atoms with E-state index >= 15 is 0 Å². The molecule has 9 rings (SSSR count). The molecule has 1 aliphatic carbocycles. The zero-order valence-corrected chi connectivity index (χ0v) is 21.2. The fourth-order valence-electron chi connectivity index (χ4n) is 6.71. The molecule has 0 unspecified atom stereocenters. The molecule has 8 aromatic rings. The smallest absolute Gasteiger partial charge is 0.138 e. The summed E-state index contributed by atoms with van der Waals surface area (Å²) in [5.74, 6) is 0.953. The lowest BCUT2D eigenvalue weighted by molar-refractivity contribution is 1.06. The Labute approximate surface area is 225 Å². The molecule has 182 valence electrons. The van der Waals surface area contributed by atoms with Crippen LogP contribution in [-0.2, 0) is 6.42 Å². The Balaban J connectivity index is 1.48. The topological polar surface area (TPSA) is 22.8 Å². The number of benzene rings is 5. The second-order valence-corrected chi connectivity index (χ2v) is 10.4. The van der Waals surface area contributed by atoms with Gasteiger partial charge in [0.15, 0.2) is 0 Å². The van der Waals surface area contributed by atoms with E-state index in [9.17, 15) is 0 Å². The van der Waals surface area contributed by atoms with Crippen LogP contribution in [0.4, 0.5) is 0 Å². The van der Waals surface area contributed by atoms with Gasteiger partial charge in [0, 0.05) is 39.8 Å². The third kappa shape index (κ3) is 2.79. The SMILES string of the molecule is c1ccc(-n2c3ccccc3c3ccc4c5ccccc5n(-c5cc6c(cn5)Cc5ccccc5-6)c4c32)cc1. The van der Waals surface area contributed by atoms with Crippen molar-refractivity contribution < 1.29 is 0 Å². The summed E-state index contributed by atoms with van der Waals surface area (Å²) in [6.07, 6.45) is 3.02. The van der Waals surface area contributed by atoms with Gasteiger partial charge in [-0.05, 0) is 52.6 Å². The van der Waals surface area contributed by atoms with E-state index in [0.717, 1.165) is 17.9 Å². The van der Waals surface area contributed by atoms with E-state index in [2.05, 4.69) is 137 Å². The highest BCUT2D eigenvalue weighted by Crippen LogP contribution is 2.43. The summed E-state index contributed by atoms with van der Waals surface area (Å²) >= 11 is 0. The molecule has 39 heavy (non-hydrogen) atoms. The van der Waals surface area contributed by atoms with Crippen molar-refractivity contribution in [3.05, 3.63) is 139 Å². The number of aromatic nitrogens is 3. The lowest BCUT2D eigenvalue weighted by Crippen LogP contribution is -2.01. The highest BCUT2D eigenvalue weighted by molar-refractivity contribution is 6.23. The predicted molar refractivity (Wildman–Crippen MR) is 161 cm³/mol. The van der Waals surface area contributed by atoms with Gasteiger partial charge in [0.25, 0.3) is 0 Å². The van der Waals surface area contributed by atoms with Crippen molar-refractivity contribution in [2.24, 2.45) is 0 Å². The Morgan fingerprint density at radius 3 is 1.87 bits per heavy atom. The largest absolute Gasteiger partial charge is 0.307 e. The normalized spacial score (nSPS) is 12.5. The van der Waals surface area contributed by atoms with Gasteiger partial charge < -0.3 is 4.57 Å². The standard InChI is InChI=1S/C36H23N3/c1-2-11-25(12-3-1)38-32-16-8-6-14-27(32)29-18-19-30-28-15-7-9-17-33(28)39(36(30)35(29)38)34-21-31-24(22-37-34)20-23-10-4-5-13-26(23)31/h1-19,21-22H,20H2. The quantitative estimate of drug-likeness (QED) is 0.234. The second-order valence-electron chi connectivity index (χ2n) is 10.4. The highest BCUT2D eigenvalue weighted by Gasteiger charge is 2.23. The van der Waals surface area contributed by atoms with Crippen LogP contribution in [0.25, 0.3) is 66.2 Å². The van der Waals surface area contributed by atoms with Crippen LogP contribution in [0.5, 0.6) is 0 Å². The molecule has 3 nitrogen and oxygen atoms in total. The van der Waals surface area contributed by atoms with Crippen LogP contribution in [-0.4, -0.2) is 14.1 Å². The number of rotatable bonds is 2. The summed E-state index contributed by atoms with van der Waals surface area (Å²) in [6, 6.07) is 43.8. The summed E-state index contributed by atoms with van der Waals surface area (Å²) < 4.78 is 4.80. The van der Waals surface area contributed by atoms with Crippen LogP contribution >= 0.6 is 0 Å². The van der Waals surface area contributed by atoms with Gasteiger partial charge in [0.1, 0.15) is 5.82 Å². The van der Waals surface area contributed by atoms with Crippen molar-refractivity contribution in [2.45, 2.75) is 6.42 Å². The van der Waals surface area contributed by atoms with Crippen molar-refractivity contribution in [3.63, 3.8) is 0 Å². The van der Waals surface area contributed by atoms with E-state index in [0.29, 0.717) is 0 Å². The van der Waals surface area contributed by atoms with E-state index in [-0.39, 0.29) is 0 Å². The average Bonchev–Trinajstić information content (AvgIpc) is 3.65. The first-order valence-electron chi connectivity index (χ1n) is 13.4. The van der Waals surface area contributed by atoms with Gasteiger partial charge in [-0.2, -0.15) is 0 Å². The molecule has 3 aromatic heterocycles. The van der Waals surface area contributed by atoms with Crippen LogP contribution in [0.1, 0.15) is 11.1 Å². The minimum absolute atomic E-state index is 0.943. The number of para-hydroxylation sites is 3. The second kappa shape index (κ2) is 7.68. The fraction of sp³-hybridized carbons (Fsp3) is 0.0278. The van der Waals surface area contributed by atoms with E-state index in [1.54, 1.807) is 0 Å². The van der Waals surface area contributed by atoms with Crippen LogP contribution < -0.4 is 0 Å². The van der Waals surface area contributed by atoms with Gasteiger partial charge >= 0.3 is 0 Å². The zero-order valence-electron chi connectivity index (χ0n) is 21.2. The van der Waals surface area contributed by atoms with E-state index in [1.807, 2.05) is 0 Å². The number of hydrogen-bond donors (Lipinski definition) is 0. The van der Waals surface area contributed by atoms with Crippen LogP contribution in [0, 0.1) is 0 Å². The number of fused-ring (bicyclic) bond motifs is 10. The third-order valence-corrected chi connectivity index (χ3v) is 8.37. The third-order valence-electron chi connectivity index (χ3n) is 8.37. The minimum atomic E-state index is 0.943. The van der Waals surface area contributed by atoms with Gasteiger partial charge in [-0.1, -0.05) is 91.0 Å². The molecule has 3 heteroatoms. The maximum atomic E-state index is 5.09. The van der Waals surface area contributed by atoms with E-state index in [4.69, 9.17) is 4.98 Å². The molecule has 0 aliphatic heterocycles. The molecule has 0 saturated carbocycles. The van der Waals surface area contributed by atoms with Gasteiger partial charge in [-0.15, -0.1) is 0 Å². The molecule has 0 radical (unpaired) electrons. The molecule has 5 aromatic carbocycles.